The van der Waals surface area contributed by atoms with Crippen molar-refractivity contribution in [3.8, 4) is 0 Å². The highest BCUT2D eigenvalue weighted by atomic mass is 127. The van der Waals surface area contributed by atoms with Crippen LogP contribution in [0, 0.1) is 0 Å². The monoisotopic (exact) mass is 519 g/mol. The van der Waals surface area contributed by atoms with Gasteiger partial charge in [-0.1, -0.05) is 17.7 Å². The first-order chi connectivity index (χ1) is 13.2. The third-order valence-electron chi connectivity index (χ3n) is 5.07. The van der Waals surface area contributed by atoms with Crippen LogP contribution >= 0.6 is 35.6 Å². The van der Waals surface area contributed by atoms with Crippen LogP contribution in [0.15, 0.2) is 29.3 Å². The first-order valence-corrected chi connectivity index (χ1v) is 10.4. The molecule has 0 aromatic heterocycles. The lowest BCUT2D eigenvalue weighted by Gasteiger charge is -2.20. The third kappa shape index (κ3) is 6.69. The molecule has 0 aliphatic carbocycles. The second-order valence-corrected chi connectivity index (χ2v) is 7.59. The third-order valence-corrected chi connectivity index (χ3v) is 5.31. The lowest BCUT2D eigenvalue weighted by molar-refractivity contribution is -0.127. The van der Waals surface area contributed by atoms with E-state index in [1.807, 2.05) is 23.1 Å². The van der Waals surface area contributed by atoms with Crippen LogP contribution in [0.3, 0.4) is 0 Å². The second kappa shape index (κ2) is 11.7. The smallest absolute Gasteiger partial charge is 0.222 e. The Morgan fingerprint density at radius 1 is 1.36 bits per heavy atom. The zero-order valence-corrected chi connectivity index (χ0v) is 19.6. The number of hydrogen-bond acceptors (Lipinski definition) is 3. The number of amides is 1. The molecule has 1 unspecified atom stereocenters. The largest absolute Gasteiger partial charge is 0.369 e. The minimum absolute atomic E-state index is 0. The first kappa shape index (κ1) is 23.1. The summed E-state index contributed by atoms with van der Waals surface area (Å²) in [4.78, 5) is 20.7. The lowest BCUT2D eigenvalue weighted by atomic mass is 10.2. The van der Waals surface area contributed by atoms with Gasteiger partial charge in [0.05, 0.1) is 0 Å². The Hall–Kier alpha value is -1.22. The van der Waals surface area contributed by atoms with Crippen LogP contribution in [0.1, 0.15) is 32.6 Å². The van der Waals surface area contributed by atoms with E-state index >= 15 is 0 Å². The summed E-state index contributed by atoms with van der Waals surface area (Å²) in [7, 11) is 0. The predicted octanol–water partition coefficient (Wildman–Crippen LogP) is 3.10. The van der Waals surface area contributed by atoms with E-state index < -0.39 is 0 Å². The molecule has 0 spiro atoms. The van der Waals surface area contributed by atoms with Gasteiger partial charge in [-0.05, 0) is 44.4 Å². The molecule has 0 saturated carbocycles. The maximum atomic E-state index is 11.7. The van der Waals surface area contributed by atoms with E-state index in [1.54, 1.807) is 0 Å². The number of rotatable bonds is 7. The Morgan fingerprint density at radius 2 is 2.21 bits per heavy atom. The van der Waals surface area contributed by atoms with E-state index in [2.05, 4.69) is 28.5 Å². The first-order valence-electron chi connectivity index (χ1n) is 9.99. The van der Waals surface area contributed by atoms with Gasteiger partial charge in [0.15, 0.2) is 5.96 Å². The Kier molecular flexibility index (Phi) is 9.64. The minimum atomic E-state index is 0. The summed E-state index contributed by atoms with van der Waals surface area (Å²) in [6, 6.07) is 8.38. The van der Waals surface area contributed by atoms with Crippen molar-refractivity contribution in [3.63, 3.8) is 0 Å². The fourth-order valence-electron chi connectivity index (χ4n) is 3.69. The summed E-state index contributed by atoms with van der Waals surface area (Å²) in [5.41, 5.74) is 1.17. The van der Waals surface area contributed by atoms with Gasteiger partial charge in [0.25, 0.3) is 0 Å². The van der Waals surface area contributed by atoms with E-state index in [4.69, 9.17) is 16.6 Å². The number of likely N-dealkylation sites (tertiary alicyclic amines) is 1. The highest BCUT2D eigenvalue weighted by Gasteiger charge is 2.23. The molecule has 1 atom stereocenters. The Labute approximate surface area is 190 Å². The zero-order chi connectivity index (χ0) is 19.1. The maximum Gasteiger partial charge on any atom is 0.222 e. The van der Waals surface area contributed by atoms with Gasteiger partial charge in [0.1, 0.15) is 0 Å². The van der Waals surface area contributed by atoms with Crippen molar-refractivity contribution in [2.45, 2.75) is 38.6 Å². The lowest BCUT2D eigenvalue weighted by Crippen LogP contribution is -2.44. The van der Waals surface area contributed by atoms with E-state index in [-0.39, 0.29) is 29.9 Å². The van der Waals surface area contributed by atoms with Crippen molar-refractivity contribution in [1.29, 1.82) is 0 Å². The van der Waals surface area contributed by atoms with Crippen molar-refractivity contribution in [3.05, 3.63) is 29.3 Å². The van der Waals surface area contributed by atoms with Gasteiger partial charge >= 0.3 is 0 Å². The zero-order valence-electron chi connectivity index (χ0n) is 16.5. The molecule has 2 saturated heterocycles. The SMILES string of the molecule is CCNC(=NCCCN1CCCC1=O)NC1CCN(c2cccc(Cl)c2)C1.I. The van der Waals surface area contributed by atoms with Crippen LogP contribution in [0.2, 0.25) is 5.02 Å². The van der Waals surface area contributed by atoms with Gasteiger partial charge in [-0.15, -0.1) is 24.0 Å². The molecule has 1 aromatic carbocycles. The molecule has 28 heavy (non-hydrogen) atoms. The number of carbonyl (C=O) groups excluding carboxylic acids is 1. The maximum absolute atomic E-state index is 11.7. The quantitative estimate of drug-likeness (QED) is 0.252. The summed E-state index contributed by atoms with van der Waals surface area (Å²) in [6.07, 6.45) is 3.68. The van der Waals surface area contributed by atoms with Gasteiger partial charge < -0.3 is 20.4 Å². The average Bonchev–Trinajstić information content (AvgIpc) is 3.28. The van der Waals surface area contributed by atoms with Crippen molar-refractivity contribution in [2.75, 3.05) is 44.2 Å². The molecule has 1 aromatic rings. The Morgan fingerprint density at radius 3 is 2.93 bits per heavy atom. The number of hydrogen-bond donors (Lipinski definition) is 2. The summed E-state index contributed by atoms with van der Waals surface area (Å²) in [5, 5.41) is 7.65. The number of benzene rings is 1. The average molecular weight is 520 g/mol. The molecule has 0 radical (unpaired) electrons. The number of nitrogens with zero attached hydrogens (tertiary/aromatic N) is 3. The van der Waals surface area contributed by atoms with Crippen LogP contribution in [-0.4, -0.2) is 62.1 Å². The van der Waals surface area contributed by atoms with Gasteiger partial charge in [0, 0.05) is 62.4 Å². The van der Waals surface area contributed by atoms with Crippen LogP contribution in [0.5, 0.6) is 0 Å². The molecule has 1 amide bonds. The molecule has 2 aliphatic rings. The van der Waals surface area contributed by atoms with Gasteiger partial charge in [-0.2, -0.15) is 0 Å². The number of nitrogens with one attached hydrogen (secondary N) is 2. The van der Waals surface area contributed by atoms with Crippen molar-refractivity contribution in [2.24, 2.45) is 4.99 Å². The van der Waals surface area contributed by atoms with E-state index in [0.717, 1.165) is 69.5 Å². The highest BCUT2D eigenvalue weighted by Crippen LogP contribution is 2.23. The number of carbonyl (C=O) groups is 1. The Bertz CT molecular complexity index is 672. The summed E-state index contributed by atoms with van der Waals surface area (Å²) >= 11 is 6.12. The van der Waals surface area contributed by atoms with Gasteiger partial charge in [0.2, 0.25) is 5.91 Å². The molecule has 6 nitrogen and oxygen atoms in total. The normalized spacial score (nSPS) is 19.7. The number of aliphatic imine (C=N–C) groups is 1. The molecule has 156 valence electrons. The van der Waals surface area contributed by atoms with E-state index in [0.29, 0.717) is 12.5 Å². The topological polar surface area (TPSA) is 60.0 Å². The summed E-state index contributed by atoms with van der Waals surface area (Å²) in [6.45, 7) is 7.30. The Balaban J connectivity index is 0.00000280. The molecule has 0 bridgehead atoms. The number of anilines is 1. The summed E-state index contributed by atoms with van der Waals surface area (Å²) in [5.74, 6) is 1.15. The highest BCUT2D eigenvalue weighted by molar-refractivity contribution is 14.0. The van der Waals surface area contributed by atoms with Crippen LogP contribution < -0.4 is 15.5 Å². The number of guanidine groups is 1. The van der Waals surface area contributed by atoms with Crippen LogP contribution in [0.25, 0.3) is 0 Å². The molecule has 8 heteroatoms. The number of halogens is 2. The summed E-state index contributed by atoms with van der Waals surface area (Å²) < 4.78 is 0. The van der Waals surface area contributed by atoms with Crippen molar-refractivity contribution >= 4 is 53.1 Å². The molecular formula is C20H31ClIN5O. The fourth-order valence-corrected chi connectivity index (χ4v) is 3.88. The van der Waals surface area contributed by atoms with E-state index in [1.165, 1.54) is 5.69 Å². The standard InChI is InChI=1S/C20H30ClN5O.HI/c1-2-22-20(23-10-5-12-25-11-4-8-19(25)27)24-17-9-13-26(15-17)18-7-3-6-16(21)14-18;/h3,6-7,14,17H,2,4-5,8-13,15H2,1H3,(H2,22,23,24);1H. The molecule has 3 rings (SSSR count). The van der Waals surface area contributed by atoms with Crippen LogP contribution in [0.4, 0.5) is 5.69 Å². The van der Waals surface area contributed by atoms with Crippen molar-refractivity contribution < 1.29 is 4.79 Å². The fraction of sp³-hybridized carbons (Fsp3) is 0.600. The predicted molar refractivity (Wildman–Crippen MR) is 127 cm³/mol. The molecule has 2 heterocycles. The molecule has 2 fully saturated rings. The van der Waals surface area contributed by atoms with E-state index in [9.17, 15) is 4.79 Å². The second-order valence-electron chi connectivity index (χ2n) is 7.15. The van der Waals surface area contributed by atoms with Crippen molar-refractivity contribution in [1.82, 2.24) is 15.5 Å². The molecule has 2 aliphatic heterocycles. The van der Waals surface area contributed by atoms with Gasteiger partial charge in [-0.25, -0.2) is 0 Å². The minimum Gasteiger partial charge on any atom is -0.369 e. The molecule has 2 N–H and O–H groups in total. The molecular weight excluding hydrogens is 489 g/mol. The van der Waals surface area contributed by atoms with Gasteiger partial charge in [-0.3, -0.25) is 9.79 Å². The van der Waals surface area contributed by atoms with Crippen LogP contribution in [-0.2, 0) is 4.79 Å².